The number of halogens is 2. The second kappa shape index (κ2) is 12.7. The third-order valence-corrected chi connectivity index (χ3v) is 7.13. The van der Waals surface area contributed by atoms with Crippen molar-refractivity contribution < 1.29 is 19.3 Å². The van der Waals surface area contributed by atoms with Gasteiger partial charge in [-0.05, 0) is 61.7 Å². The lowest BCUT2D eigenvalue weighted by molar-refractivity contribution is -0.0168. The number of aliphatic hydroxyl groups is 1. The van der Waals surface area contributed by atoms with Crippen molar-refractivity contribution in [2.24, 2.45) is 0 Å². The Kier molecular flexibility index (Phi) is 9.37. The Morgan fingerprint density at radius 2 is 1.92 bits per heavy atom. The first-order chi connectivity index (χ1) is 17.4. The highest BCUT2D eigenvalue weighted by Gasteiger charge is 2.31. The number of hydrogen-bond acceptors (Lipinski definition) is 6. The maximum Gasteiger partial charge on any atom is 0.161 e. The van der Waals surface area contributed by atoms with E-state index in [1.807, 2.05) is 23.0 Å². The van der Waals surface area contributed by atoms with Crippen molar-refractivity contribution in [2.45, 2.75) is 44.4 Å². The van der Waals surface area contributed by atoms with Crippen LogP contribution in [0.1, 0.15) is 31.2 Å². The van der Waals surface area contributed by atoms with Gasteiger partial charge in [-0.1, -0.05) is 29.3 Å². The molecule has 9 heteroatoms. The van der Waals surface area contributed by atoms with Crippen molar-refractivity contribution in [1.82, 2.24) is 14.7 Å². The molecule has 194 valence electrons. The Morgan fingerprint density at radius 3 is 2.69 bits per heavy atom. The van der Waals surface area contributed by atoms with Crippen molar-refractivity contribution >= 4 is 23.2 Å². The summed E-state index contributed by atoms with van der Waals surface area (Å²) in [6, 6.07) is 13.1. The summed E-state index contributed by atoms with van der Waals surface area (Å²) in [4.78, 5) is 2.36. The molecule has 4 rings (SSSR count). The van der Waals surface area contributed by atoms with Crippen LogP contribution in [0.15, 0.2) is 54.9 Å². The number of aromatic nitrogens is 2. The van der Waals surface area contributed by atoms with Gasteiger partial charge in [-0.3, -0.25) is 9.58 Å². The van der Waals surface area contributed by atoms with Crippen LogP contribution in [0.5, 0.6) is 17.2 Å². The van der Waals surface area contributed by atoms with Gasteiger partial charge in [-0.15, -0.1) is 0 Å². The fourth-order valence-electron chi connectivity index (χ4n) is 4.35. The van der Waals surface area contributed by atoms with Crippen molar-refractivity contribution in [3.8, 4) is 17.2 Å². The molecular formula is C27H33Cl2N3O4. The minimum Gasteiger partial charge on any atom is -0.493 e. The number of methoxy groups -OCH3 is 1. The molecule has 1 aliphatic heterocycles. The number of ether oxygens (including phenoxy) is 3. The summed E-state index contributed by atoms with van der Waals surface area (Å²) in [7, 11) is 1.65. The van der Waals surface area contributed by atoms with Gasteiger partial charge in [0.2, 0.25) is 0 Å². The number of aryl methyl sites for hydroxylation is 1. The van der Waals surface area contributed by atoms with Crippen LogP contribution in [-0.2, 0) is 13.1 Å². The summed E-state index contributed by atoms with van der Waals surface area (Å²) < 4.78 is 19.3. The van der Waals surface area contributed by atoms with Gasteiger partial charge in [0.15, 0.2) is 11.5 Å². The van der Waals surface area contributed by atoms with E-state index in [1.54, 1.807) is 31.5 Å². The van der Waals surface area contributed by atoms with Gasteiger partial charge in [0.25, 0.3) is 0 Å². The number of nitrogens with zero attached hydrogens (tertiary/aromatic N) is 3. The van der Waals surface area contributed by atoms with Crippen LogP contribution in [-0.4, -0.2) is 58.8 Å². The Morgan fingerprint density at radius 1 is 1.03 bits per heavy atom. The molecule has 1 saturated heterocycles. The van der Waals surface area contributed by atoms with E-state index in [0.29, 0.717) is 35.2 Å². The van der Waals surface area contributed by atoms with Crippen LogP contribution in [0.25, 0.3) is 0 Å². The zero-order valence-corrected chi connectivity index (χ0v) is 22.0. The molecule has 1 atom stereocenters. The zero-order valence-electron chi connectivity index (χ0n) is 20.5. The van der Waals surface area contributed by atoms with Gasteiger partial charge in [0.1, 0.15) is 12.4 Å². The average Bonchev–Trinajstić information content (AvgIpc) is 3.33. The molecule has 1 fully saturated rings. The van der Waals surface area contributed by atoms with Crippen LogP contribution in [0.3, 0.4) is 0 Å². The van der Waals surface area contributed by atoms with E-state index in [1.165, 1.54) is 0 Å². The van der Waals surface area contributed by atoms with Crippen molar-refractivity contribution in [1.29, 1.82) is 0 Å². The number of hydrogen-bond donors (Lipinski definition) is 1. The molecule has 1 aromatic heterocycles. The molecule has 1 N–H and O–H groups in total. The molecule has 36 heavy (non-hydrogen) atoms. The normalized spacial score (nSPS) is 18.6. The highest BCUT2D eigenvalue weighted by atomic mass is 35.5. The molecule has 2 heterocycles. The SMILES string of the molecule is COc1ccc(CN2CCCC(O)(COc3ccc(Cl)c(Cl)c3)CC2)cc1OCCCn1cccn1. The predicted octanol–water partition coefficient (Wildman–Crippen LogP) is 5.46. The minimum atomic E-state index is -0.885. The van der Waals surface area contributed by atoms with E-state index >= 15 is 0 Å². The number of rotatable bonds is 11. The molecule has 0 spiro atoms. The van der Waals surface area contributed by atoms with Crippen LogP contribution < -0.4 is 14.2 Å². The fraction of sp³-hybridized carbons (Fsp3) is 0.444. The van der Waals surface area contributed by atoms with E-state index in [2.05, 4.69) is 22.1 Å². The van der Waals surface area contributed by atoms with Crippen LogP contribution in [0, 0.1) is 0 Å². The summed E-state index contributed by atoms with van der Waals surface area (Å²) >= 11 is 12.1. The van der Waals surface area contributed by atoms with Crippen molar-refractivity contribution in [3.05, 3.63) is 70.5 Å². The molecule has 1 unspecified atom stereocenters. The topological polar surface area (TPSA) is 69.0 Å². The van der Waals surface area contributed by atoms with Crippen LogP contribution >= 0.6 is 23.2 Å². The summed E-state index contributed by atoms with van der Waals surface area (Å²) in [5.74, 6) is 2.08. The molecule has 2 aromatic carbocycles. The Hall–Kier alpha value is -2.45. The van der Waals surface area contributed by atoms with E-state index in [-0.39, 0.29) is 6.61 Å². The third kappa shape index (κ3) is 7.53. The first-order valence-electron chi connectivity index (χ1n) is 12.2. The zero-order chi connectivity index (χ0) is 25.4. The molecule has 3 aromatic rings. The Bertz CT molecular complexity index is 1110. The molecule has 0 amide bonds. The average molecular weight is 534 g/mol. The standard InChI is InChI=1S/C27H33Cl2N3O4/c1-34-25-8-5-21(17-26(25)35-16-4-14-32-13-3-11-30-32)19-31-12-2-9-27(33,10-15-31)20-36-22-6-7-23(28)24(29)18-22/h3,5-8,11,13,17-18,33H,2,4,9-10,12,14-16,19-20H2,1H3. The lowest BCUT2D eigenvalue weighted by Gasteiger charge is -2.27. The second-order valence-electron chi connectivity index (χ2n) is 9.17. The Labute approximate surface area is 222 Å². The smallest absolute Gasteiger partial charge is 0.161 e. The summed E-state index contributed by atoms with van der Waals surface area (Å²) in [5.41, 5.74) is 0.263. The van der Waals surface area contributed by atoms with E-state index in [4.69, 9.17) is 37.4 Å². The van der Waals surface area contributed by atoms with Crippen LogP contribution in [0.4, 0.5) is 0 Å². The number of benzene rings is 2. The molecule has 0 saturated carbocycles. The minimum absolute atomic E-state index is 0.220. The monoisotopic (exact) mass is 533 g/mol. The first-order valence-corrected chi connectivity index (χ1v) is 13.0. The van der Waals surface area contributed by atoms with Crippen LogP contribution in [0.2, 0.25) is 10.0 Å². The summed E-state index contributed by atoms with van der Waals surface area (Å²) in [6.45, 7) is 4.06. The van der Waals surface area contributed by atoms with E-state index < -0.39 is 5.60 Å². The predicted molar refractivity (Wildman–Crippen MR) is 141 cm³/mol. The van der Waals surface area contributed by atoms with Crippen molar-refractivity contribution in [3.63, 3.8) is 0 Å². The van der Waals surface area contributed by atoms with Gasteiger partial charge in [0.05, 0.1) is 29.4 Å². The van der Waals surface area contributed by atoms with E-state index in [9.17, 15) is 5.11 Å². The first kappa shape index (κ1) is 26.6. The highest BCUT2D eigenvalue weighted by molar-refractivity contribution is 6.42. The summed E-state index contributed by atoms with van der Waals surface area (Å²) in [6.07, 6.45) is 6.76. The van der Waals surface area contributed by atoms with Gasteiger partial charge in [-0.25, -0.2) is 0 Å². The lowest BCUT2D eigenvalue weighted by atomic mass is 9.96. The van der Waals surface area contributed by atoms with E-state index in [0.717, 1.165) is 56.1 Å². The largest absolute Gasteiger partial charge is 0.493 e. The maximum absolute atomic E-state index is 11.2. The Balaban J connectivity index is 1.29. The van der Waals surface area contributed by atoms with Gasteiger partial charge < -0.3 is 19.3 Å². The third-order valence-electron chi connectivity index (χ3n) is 6.39. The van der Waals surface area contributed by atoms with Gasteiger partial charge >= 0.3 is 0 Å². The lowest BCUT2D eigenvalue weighted by Crippen LogP contribution is -2.37. The quantitative estimate of drug-likeness (QED) is 0.330. The molecule has 0 bridgehead atoms. The maximum atomic E-state index is 11.2. The molecular weight excluding hydrogens is 501 g/mol. The molecule has 0 radical (unpaired) electrons. The second-order valence-corrected chi connectivity index (χ2v) is 9.99. The highest BCUT2D eigenvalue weighted by Crippen LogP contribution is 2.31. The molecule has 0 aliphatic carbocycles. The summed E-state index contributed by atoms with van der Waals surface area (Å²) in [5, 5.41) is 16.3. The number of likely N-dealkylation sites (tertiary alicyclic amines) is 1. The fourth-order valence-corrected chi connectivity index (χ4v) is 4.64. The van der Waals surface area contributed by atoms with Gasteiger partial charge in [-0.2, -0.15) is 5.10 Å². The molecule has 1 aliphatic rings. The van der Waals surface area contributed by atoms with Crippen molar-refractivity contribution in [2.75, 3.05) is 33.4 Å². The van der Waals surface area contributed by atoms with Gasteiger partial charge in [0, 0.05) is 44.5 Å². The molecule has 7 nitrogen and oxygen atoms in total.